The Morgan fingerprint density at radius 1 is 1.53 bits per heavy atom. The molecule has 1 saturated heterocycles. The fourth-order valence-electron chi connectivity index (χ4n) is 2.62. The lowest BCUT2D eigenvalue weighted by atomic mass is 10.1. The highest BCUT2D eigenvalue weighted by Crippen LogP contribution is 2.21. The molecule has 1 aromatic carbocycles. The molecule has 1 fully saturated rings. The normalized spacial score (nSPS) is 18.5. The van der Waals surface area contributed by atoms with Gasteiger partial charge in [0.15, 0.2) is 0 Å². The standard InChI is InChI=1S/C15H21N3O/c1-18(11-14-4-3-7-17-14)10-13-8-12(9-16)5-6-15(13)19-2/h5-6,8,14,17H,3-4,7,10-11H2,1-2H3. The molecular weight excluding hydrogens is 238 g/mol. The minimum absolute atomic E-state index is 0.593. The summed E-state index contributed by atoms with van der Waals surface area (Å²) in [5.41, 5.74) is 1.75. The van der Waals surface area contributed by atoms with Crippen molar-refractivity contribution in [2.75, 3.05) is 27.2 Å². The summed E-state index contributed by atoms with van der Waals surface area (Å²) in [6.07, 6.45) is 2.52. The number of nitrogens with zero attached hydrogens (tertiary/aromatic N) is 2. The number of hydrogen-bond acceptors (Lipinski definition) is 4. The maximum absolute atomic E-state index is 8.98. The molecule has 0 saturated carbocycles. The van der Waals surface area contributed by atoms with E-state index < -0.39 is 0 Å². The van der Waals surface area contributed by atoms with Crippen LogP contribution in [0.1, 0.15) is 24.0 Å². The molecule has 102 valence electrons. The Morgan fingerprint density at radius 3 is 3.00 bits per heavy atom. The summed E-state index contributed by atoms with van der Waals surface area (Å²) in [4.78, 5) is 2.28. The molecular formula is C15H21N3O. The van der Waals surface area contributed by atoms with Crippen LogP contribution in [0.25, 0.3) is 0 Å². The first-order valence-corrected chi connectivity index (χ1v) is 6.72. The Morgan fingerprint density at radius 2 is 2.37 bits per heavy atom. The van der Waals surface area contributed by atoms with E-state index in [9.17, 15) is 0 Å². The van der Waals surface area contributed by atoms with Gasteiger partial charge in [0.05, 0.1) is 18.7 Å². The zero-order valence-electron chi connectivity index (χ0n) is 11.6. The lowest BCUT2D eigenvalue weighted by Gasteiger charge is -2.22. The van der Waals surface area contributed by atoms with E-state index in [1.807, 2.05) is 12.1 Å². The van der Waals surface area contributed by atoms with Crippen molar-refractivity contribution in [3.63, 3.8) is 0 Å². The fraction of sp³-hybridized carbons (Fsp3) is 0.533. The molecule has 4 heteroatoms. The first-order valence-electron chi connectivity index (χ1n) is 6.72. The summed E-state index contributed by atoms with van der Waals surface area (Å²) in [6.45, 7) is 2.96. The van der Waals surface area contributed by atoms with Gasteiger partial charge >= 0.3 is 0 Å². The van der Waals surface area contributed by atoms with Gasteiger partial charge in [0.25, 0.3) is 0 Å². The molecule has 1 aliphatic rings. The summed E-state index contributed by atoms with van der Waals surface area (Å²) in [5.74, 6) is 0.852. The number of nitrogens with one attached hydrogen (secondary N) is 1. The molecule has 1 aromatic rings. The average Bonchev–Trinajstić information content (AvgIpc) is 2.91. The van der Waals surface area contributed by atoms with E-state index in [2.05, 4.69) is 23.3 Å². The molecule has 2 rings (SSSR count). The number of nitriles is 1. The first kappa shape index (κ1) is 13.9. The van der Waals surface area contributed by atoms with E-state index in [4.69, 9.17) is 10.00 Å². The van der Waals surface area contributed by atoms with Crippen LogP contribution in [0.15, 0.2) is 18.2 Å². The van der Waals surface area contributed by atoms with Crippen molar-refractivity contribution in [2.45, 2.75) is 25.4 Å². The lowest BCUT2D eigenvalue weighted by Crippen LogP contribution is -2.35. The van der Waals surface area contributed by atoms with Gasteiger partial charge in [-0.2, -0.15) is 5.26 Å². The van der Waals surface area contributed by atoms with Gasteiger partial charge in [0, 0.05) is 24.7 Å². The van der Waals surface area contributed by atoms with Crippen LogP contribution in [0.2, 0.25) is 0 Å². The van der Waals surface area contributed by atoms with Crippen molar-refractivity contribution in [3.05, 3.63) is 29.3 Å². The fourth-order valence-corrected chi connectivity index (χ4v) is 2.62. The van der Waals surface area contributed by atoms with Crippen LogP contribution in [-0.2, 0) is 6.54 Å². The van der Waals surface area contributed by atoms with Crippen LogP contribution >= 0.6 is 0 Å². The Kier molecular flexibility index (Phi) is 4.78. The Hall–Kier alpha value is -1.57. The SMILES string of the molecule is COc1ccc(C#N)cc1CN(C)CC1CCCN1. The predicted molar refractivity (Wildman–Crippen MR) is 75.1 cm³/mol. The highest BCUT2D eigenvalue weighted by Gasteiger charge is 2.16. The third-order valence-corrected chi connectivity index (χ3v) is 3.54. The largest absolute Gasteiger partial charge is 0.496 e. The van der Waals surface area contributed by atoms with Crippen molar-refractivity contribution >= 4 is 0 Å². The van der Waals surface area contributed by atoms with Crippen LogP contribution in [0.5, 0.6) is 5.75 Å². The molecule has 4 nitrogen and oxygen atoms in total. The Bertz CT molecular complexity index is 461. The van der Waals surface area contributed by atoms with Gasteiger partial charge in [-0.15, -0.1) is 0 Å². The molecule has 0 aromatic heterocycles. The summed E-state index contributed by atoms with van der Waals surface area (Å²) < 4.78 is 5.36. The van der Waals surface area contributed by atoms with E-state index in [-0.39, 0.29) is 0 Å². The van der Waals surface area contributed by atoms with Gasteiger partial charge in [0.1, 0.15) is 5.75 Å². The van der Waals surface area contributed by atoms with Crippen LogP contribution in [0.3, 0.4) is 0 Å². The van der Waals surface area contributed by atoms with Gasteiger partial charge in [-0.05, 0) is 44.6 Å². The maximum Gasteiger partial charge on any atom is 0.123 e. The van der Waals surface area contributed by atoms with Gasteiger partial charge < -0.3 is 15.0 Å². The van der Waals surface area contributed by atoms with Crippen LogP contribution < -0.4 is 10.1 Å². The zero-order chi connectivity index (χ0) is 13.7. The molecule has 1 aliphatic heterocycles. The van der Waals surface area contributed by atoms with Crippen molar-refractivity contribution in [1.82, 2.24) is 10.2 Å². The second kappa shape index (κ2) is 6.55. The number of hydrogen-bond donors (Lipinski definition) is 1. The minimum atomic E-state index is 0.593. The topological polar surface area (TPSA) is 48.3 Å². The van der Waals surface area contributed by atoms with Crippen molar-refractivity contribution in [2.24, 2.45) is 0 Å². The van der Waals surface area contributed by atoms with Crippen LogP contribution in [0.4, 0.5) is 0 Å². The molecule has 0 spiro atoms. The highest BCUT2D eigenvalue weighted by atomic mass is 16.5. The second-order valence-electron chi connectivity index (χ2n) is 5.13. The number of rotatable bonds is 5. The lowest BCUT2D eigenvalue weighted by molar-refractivity contribution is 0.287. The summed E-state index contributed by atoms with van der Waals surface area (Å²) in [5, 5.41) is 12.5. The minimum Gasteiger partial charge on any atom is -0.496 e. The smallest absolute Gasteiger partial charge is 0.123 e. The Balaban J connectivity index is 2.02. The third-order valence-electron chi connectivity index (χ3n) is 3.54. The second-order valence-corrected chi connectivity index (χ2v) is 5.13. The van der Waals surface area contributed by atoms with Crippen LogP contribution in [0, 0.1) is 11.3 Å². The zero-order valence-corrected chi connectivity index (χ0v) is 11.6. The molecule has 0 radical (unpaired) electrons. The Labute approximate surface area is 115 Å². The average molecular weight is 259 g/mol. The third kappa shape index (κ3) is 3.69. The van der Waals surface area contributed by atoms with E-state index in [0.717, 1.165) is 30.9 Å². The van der Waals surface area contributed by atoms with Crippen molar-refractivity contribution in [1.29, 1.82) is 5.26 Å². The number of methoxy groups -OCH3 is 1. The molecule has 1 N–H and O–H groups in total. The molecule has 19 heavy (non-hydrogen) atoms. The van der Waals surface area contributed by atoms with Crippen LogP contribution in [-0.4, -0.2) is 38.2 Å². The maximum atomic E-state index is 8.98. The van der Waals surface area contributed by atoms with Crippen molar-refractivity contribution in [3.8, 4) is 11.8 Å². The summed E-state index contributed by atoms with van der Waals surface area (Å²) in [7, 11) is 3.78. The molecule has 0 bridgehead atoms. The molecule has 1 unspecified atom stereocenters. The number of ether oxygens (including phenoxy) is 1. The van der Waals surface area contributed by atoms with E-state index in [1.165, 1.54) is 12.8 Å². The summed E-state index contributed by atoms with van der Waals surface area (Å²) >= 11 is 0. The molecule has 0 aliphatic carbocycles. The highest BCUT2D eigenvalue weighted by molar-refractivity contribution is 5.42. The van der Waals surface area contributed by atoms with Gasteiger partial charge in [0.2, 0.25) is 0 Å². The van der Waals surface area contributed by atoms with E-state index in [1.54, 1.807) is 13.2 Å². The monoisotopic (exact) mass is 259 g/mol. The molecule has 1 atom stereocenters. The van der Waals surface area contributed by atoms with E-state index >= 15 is 0 Å². The molecule has 0 amide bonds. The van der Waals surface area contributed by atoms with E-state index in [0.29, 0.717) is 11.6 Å². The number of benzene rings is 1. The predicted octanol–water partition coefficient (Wildman–Crippen LogP) is 1.75. The van der Waals surface area contributed by atoms with Gasteiger partial charge in [-0.1, -0.05) is 0 Å². The van der Waals surface area contributed by atoms with Crippen molar-refractivity contribution < 1.29 is 4.74 Å². The number of likely N-dealkylation sites (N-methyl/N-ethyl adjacent to an activating group) is 1. The molecule has 1 heterocycles. The quantitative estimate of drug-likeness (QED) is 0.875. The van der Waals surface area contributed by atoms with Gasteiger partial charge in [-0.3, -0.25) is 0 Å². The summed E-state index contributed by atoms with van der Waals surface area (Å²) in [6, 6.07) is 8.35. The first-order chi connectivity index (χ1) is 9.22. The van der Waals surface area contributed by atoms with Gasteiger partial charge in [-0.25, -0.2) is 0 Å².